The van der Waals surface area contributed by atoms with Crippen molar-refractivity contribution >= 4 is 5.91 Å². The van der Waals surface area contributed by atoms with E-state index in [2.05, 4.69) is 22.1 Å². The van der Waals surface area contributed by atoms with Crippen LogP contribution in [0.25, 0.3) is 0 Å². The summed E-state index contributed by atoms with van der Waals surface area (Å²) in [6.07, 6.45) is 3.20. The fraction of sp³-hybridized carbons (Fsp3) is 0.538. The second-order valence-electron chi connectivity index (χ2n) is 4.55. The maximum absolute atomic E-state index is 12.6. The number of amides is 1. The number of nitrogens with zero attached hydrogens (tertiary/aromatic N) is 2. The van der Waals surface area contributed by atoms with Crippen LogP contribution in [0.15, 0.2) is 18.3 Å². The van der Waals surface area contributed by atoms with Gasteiger partial charge in [-0.3, -0.25) is 4.79 Å². The summed E-state index contributed by atoms with van der Waals surface area (Å²) >= 11 is 0. The smallest absolute Gasteiger partial charge is 0.253 e. The Morgan fingerprint density at radius 2 is 2.22 bits per heavy atom. The van der Waals surface area contributed by atoms with Crippen LogP contribution < -0.4 is 5.32 Å². The molecule has 98 valence electrons. The van der Waals surface area contributed by atoms with E-state index in [0.29, 0.717) is 5.56 Å². The minimum atomic E-state index is -0.567. The summed E-state index contributed by atoms with van der Waals surface area (Å²) in [5.74, 6) is -0.736. The molecule has 1 aliphatic rings. The summed E-state index contributed by atoms with van der Waals surface area (Å²) in [5.41, 5.74) is 0.411. The number of likely N-dealkylation sites (tertiary alicyclic amines) is 1. The van der Waals surface area contributed by atoms with E-state index in [1.54, 1.807) is 0 Å². The first-order valence-electron chi connectivity index (χ1n) is 6.34. The molecule has 1 amide bonds. The van der Waals surface area contributed by atoms with Crippen LogP contribution in [0.1, 0.15) is 30.1 Å². The lowest BCUT2D eigenvalue weighted by Gasteiger charge is -2.31. The molecule has 0 radical (unpaired) electrons. The molecule has 4 nitrogen and oxygen atoms in total. The van der Waals surface area contributed by atoms with E-state index in [9.17, 15) is 9.18 Å². The van der Waals surface area contributed by atoms with Crippen LogP contribution in [0.3, 0.4) is 0 Å². The van der Waals surface area contributed by atoms with E-state index >= 15 is 0 Å². The van der Waals surface area contributed by atoms with Gasteiger partial charge in [0.1, 0.15) is 0 Å². The molecule has 0 aromatic carbocycles. The molecular weight excluding hydrogens is 233 g/mol. The lowest BCUT2D eigenvalue weighted by atomic mass is 10.0. The van der Waals surface area contributed by atoms with Gasteiger partial charge in [-0.1, -0.05) is 6.92 Å². The highest BCUT2D eigenvalue weighted by Gasteiger charge is 2.20. The second kappa shape index (κ2) is 5.91. The SMILES string of the molecule is CCN1CCC(NC(=O)c2ccc(F)nc2)CC1. The van der Waals surface area contributed by atoms with Gasteiger partial charge in [-0.15, -0.1) is 0 Å². The summed E-state index contributed by atoms with van der Waals surface area (Å²) in [5, 5.41) is 2.97. The number of nitrogens with one attached hydrogen (secondary N) is 1. The van der Waals surface area contributed by atoms with Crippen molar-refractivity contribution in [3.63, 3.8) is 0 Å². The van der Waals surface area contributed by atoms with Gasteiger partial charge in [-0.2, -0.15) is 4.39 Å². The molecule has 2 heterocycles. The molecule has 0 saturated carbocycles. The summed E-state index contributed by atoms with van der Waals surface area (Å²) in [6, 6.07) is 2.87. The highest BCUT2D eigenvalue weighted by molar-refractivity contribution is 5.94. The fourth-order valence-electron chi connectivity index (χ4n) is 2.17. The maximum atomic E-state index is 12.6. The second-order valence-corrected chi connectivity index (χ2v) is 4.55. The molecule has 1 N–H and O–H groups in total. The molecule has 1 fully saturated rings. The summed E-state index contributed by atoms with van der Waals surface area (Å²) < 4.78 is 12.6. The average Bonchev–Trinajstić information content (AvgIpc) is 2.40. The number of pyridine rings is 1. The quantitative estimate of drug-likeness (QED) is 0.827. The molecule has 0 atom stereocenters. The molecule has 18 heavy (non-hydrogen) atoms. The first-order chi connectivity index (χ1) is 8.69. The van der Waals surface area contributed by atoms with E-state index in [1.807, 2.05) is 0 Å². The topological polar surface area (TPSA) is 45.2 Å². The van der Waals surface area contributed by atoms with Crippen molar-refractivity contribution in [2.45, 2.75) is 25.8 Å². The predicted octanol–water partition coefficient (Wildman–Crippen LogP) is 1.43. The van der Waals surface area contributed by atoms with Crippen LogP contribution in [0.5, 0.6) is 0 Å². The highest BCUT2D eigenvalue weighted by atomic mass is 19.1. The van der Waals surface area contributed by atoms with Gasteiger partial charge >= 0.3 is 0 Å². The number of piperidine rings is 1. The number of hydrogen-bond donors (Lipinski definition) is 1. The van der Waals surface area contributed by atoms with Crippen molar-refractivity contribution in [2.24, 2.45) is 0 Å². The average molecular weight is 251 g/mol. The Bertz CT molecular complexity index is 399. The zero-order valence-corrected chi connectivity index (χ0v) is 10.5. The van der Waals surface area contributed by atoms with Crippen molar-refractivity contribution in [1.29, 1.82) is 0 Å². The van der Waals surface area contributed by atoms with Crippen LogP contribution in [0.4, 0.5) is 4.39 Å². The van der Waals surface area contributed by atoms with Crippen LogP contribution in [0, 0.1) is 5.95 Å². The first kappa shape index (κ1) is 13.0. The van der Waals surface area contributed by atoms with Gasteiger partial charge in [0.05, 0.1) is 5.56 Å². The third kappa shape index (κ3) is 3.26. The van der Waals surface area contributed by atoms with Gasteiger partial charge < -0.3 is 10.2 Å². The Kier molecular flexibility index (Phi) is 4.25. The van der Waals surface area contributed by atoms with Gasteiger partial charge in [0, 0.05) is 25.3 Å². The fourth-order valence-corrected chi connectivity index (χ4v) is 2.17. The molecule has 1 aromatic rings. The molecule has 0 bridgehead atoms. The number of hydrogen-bond acceptors (Lipinski definition) is 3. The number of aromatic nitrogens is 1. The predicted molar refractivity (Wildman–Crippen MR) is 66.8 cm³/mol. The molecule has 1 aliphatic heterocycles. The highest BCUT2D eigenvalue weighted by Crippen LogP contribution is 2.10. The third-order valence-electron chi connectivity index (χ3n) is 3.36. The van der Waals surface area contributed by atoms with Crippen molar-refractivity contribution < 1.29 is 9.18 Å². The number of carbonyl (C=O) groups is 1. The van der Waals surface area contributed by atoms with E-state index in [0.717, 1.165) is 32.5 Å². The largest absolute Gasteiger partial charge is 0.349 e. The Morgan fingerprint density at radius 1 is 1.50 bits per heavy atom. The van der Waals surface area contributed by atoms with Crippen LogP contribution in [0.2, 0.25) is 0 Å². The molecule has 0 aliphatic carbocycles. The molecule has 5 heteroatoms. The van der Waals surface area contributed by atoms with Gasteiger partial charge in [-0.25, -0.2) is 4.98 Å². The minimum Gasteiger partial charge on any atom is -0.349 e. The van der Waals surface area contributed by atoms with Crippen LogP contribution in [-0.4, -0.2) is 41.5 Å². The lowest BCUT2D eigenvalue weighted by Crippen LogP contribution is -2.44. The Morgan fingerprint density at radius 3 is 2.78 bits per heavy atom. The van der Waals surface area contributed by atoms with Gasteiger partial charge in [0.25, 0.3) is 5.91 Å². The van der Waals surface area contributed by atoms with Gasteiger partial charge in [-0.05, 0) is 31.5 Å². The molecule has 0 unspecified atom stereocenters. The van der Waals surface area contributed by atoms with Crippen molar-refractivity contribution in [1.82, 2.24) is 15.2 Å². The van der Waals surface area contributed by atoms with Gasteiger partial charge in [0.15, 0.2) is 0 Å². The minimum absolute atomic E-state index is 0.169. The van der Waals surface area contributed by atoms with E-state index in [1.165, 1.54) is 18.3 Å². The van der Waals surface area contributed by atoms with E-state index in [-0.39, 0.29) is 11.9 Å². The summed E-state index contributed by atoms with van der Waals surface area (Å²) in [4.78, 5) is 17.7. The normalized spacial score (nSPS) is 17.7. The van der Waals surface area contributed by atoms with E-state index in [4.69, 9.17) is 0 Å². The Labute approximate surface area is 106 Å². The van der Waals surface area contributed by atoms with Crippen molar-refractivity contribution in [3.8, 4) is 0 Å². The molecular formula is C13H18FN3O. The number of carbonyl (C=O) groups excluding carboxylic acids is 1. The third-order valence-corrected chi connectivity index (χ3v) is 3.36. The standard InChI is InChI=1S/C13H18FN3O/c1-2-17-7-5-11(6-8-17)16-13(18)10-3-4-12(14)15-9-10/h3-4,9,11H,2,5-8H2,1H3,(H,16,18). The van der Waals surface area contributed by atoms with Crippen molar-refractivity contribution in [2.75, 3.05) is 19.6 Å². The van der Waals surface area contributed by atoms with Gasteiger partial charge in [0.2, 0.25) is 5.95 Å². The Balaban J connectivity index is 1.86. The van der Waals surface area contributed by atoms with Crippen LogP contribution >= 0.6 is 0 Å². The molecule has 2 rings (SSSR count). The Hall–Kier alpha value is -1.49. The summed E-state index contributed by atoms with van der Waals surface area (Å²) in [7, 11) is 0. The number of halogens is 1. The monoisotopic (exact) mass is 251 g/mol. The first-order valence-corrected chi connectivity index (χ1v) is 6.34. The van der Waals surface area contributed by atoms with Crippen LogP contribution in [-0.2, 0) is 0 Å². The molecule has 1 aromatic heterocycles. The lowest BCUT2D eigenvalue weighted by molar-refractivity contribution is 0.0912. The molecule has 0 spiro atoms. The zero-order chi connectivity index (χ0) is 13.0. The van der Waals surface area contributed by atoms with E-state index < -0.39 is 5.95 Å². The molecule has 1 saturated heterocycles. The summed E-state index contributed by atoms with van der Waals surface area (Å²) in [6.45, 7) is 5.23. The zero-order valence-electron chi connectivity index (χ0n) is 10.5. The number of rotatable bonds is 3. The maximum Gasteiger partial charge on any atom is 0.253 e. The van der Waals surface area contributed by atoms with Crippen molar-refractivity contribution in [3.05, 3.63) is 29.8 Å².